The number of hydrogen-bond donors (Lipinski definition) is 1. The molecule has 1 rings (SSSR count). The van der Waals surface area contributed by atoms with Gasteiger partial charge in [-0.1, -0.05) is 13.8 Å². The van der Waals surface area contributed by atoms with Gasteiger partial charge in [0, 0.05) is 25.3 Å². The fraction of sp³-hybridized carbons (Fsp3) is 0.714. The van der Waals surface area contributed by atoms with Gasteiger partial charge in [0.15, 0.2) is 0 Å². The summed E-state index contributed by atoms with van der Waals surface area (Å²) in [5, 5.41) is 3.33. The van der Waals surface area contributed by atoms with Crippen LogP contribution in [0.2, 0.25) is 0 Å². The fourth-order valence-corrected chi connectivity index (χ4v) is 2.03. The highest BCUT2D eigenvalue weighted by molar-refractivity contribution is 5.16. The van der Waals surface area contributed by atoms with E-state index in [1.807, 2.05) is 6.07 Å². The van der Waals surface area contributed by atoms with Gasteiger partial charge in [-0.2, -0.15) is 0 Å². The van der Waals surface area contributed by atoms with E-state index in [4.69, 9.17) is 9.15 Å². The van der Waals surface area contributed by atoms with Crippen molar-refractivity contribution in [2.75, 3.05) is 26.8 Å². The minimum Gasteiger partial charge on any atom is -0.468 e. The fourth-order valence-electron chi connectivity index (χ4n) is 2.03. The maximum Gasteiger partial charge on any atom is 0.122 e. The number of rotatable bonds is 9. The molecule has 0 aliphatic heterocycles. The standard InChI is InChI=1S/C14H26N2O2/c1-5-15-9-13-7-8-18-14(13)10-16(6-2)12(3)11-17-4/h7-8,12,15H,5-6,9-11H2,1-4H3. The molecule has 0 amide bonds. The Labute approximate surface area is 110 Å². The van der Waals surface area contributed by atoms with Crippen molar-refractivity contribution in [3.63, 3.8) is 0 Å². The summed E-state index contributed by atoms with van der Waals surface area (Å²) in [7, 11) is 1.74. The van der Waals surface area contributed by atoms with Gasteiger partial charge in [-0.05, 0) is 26.1 Å². The van der Waals surface area contributed by atoms with Crippen LogP contribution in [0.25, 0.3) is 0 Å². The predicted molar refractivity (Wildman–Crippen MR) is 73.5 cm³/mol. The highest BCUT2D eigenvalue weighted by Gasteiger charge is 2.15. The Bertz CT molecular complexity index is 325. The van der Waals surface area contributed by atoms with Crippen molar-refractivity contribution >= 4 is 0 Å². The Hall–Kier alpha value is -0.840. The minimum atomic E-state index is 0.400. The molecule has 1 aromatic heterocycles. The number of furan rings is 1. The van der Waals surface area contributed by atoms with Gasteiger partial charge in [0.1, 0.15) is 5.76 Å². The molecule has 1 N–H and O–H groups in total. The minimum absolute atomic E-state index is 0.400. The van der Waals surface area contributed by atoms with Crippen molar-refractivity contribution < 1.29 is 9.15 Å². The molecular weight excluding hydrogens is 228 g/mol. The summed E-state index contributed by atoms with van der Waals surface area (Å²) in [6, 6.07) is 2.45. The second-order valence-electron chi connectivity index (χ2n) is 4.52. The van der Waals surface area contributed by atoms with Gasteiger partial charge in [-0.15, -0.1) is 0 Å². The van der Waals surface area contributed by atoms with Crippen LogP contribution < -0.4 is 5.32 Å². The molecule has 0 aliphatic carbocycles. The maximum absolute atomic E-state index is 5.60. The monoisotopic (exact) mass is 254 g/mol. The van der Waals surface area contributed by atoms with Gasteiger partial charge < -0.3 is 14.5 Å². The topological polar surface area (TPSA) is 37.6 Å². The smallest absolute Gasteiger partial charge is 0.122 e. The van der Waals surface area contributed by atoms with Crippen LogP contribution in [0.4, 0.5) is 0 Å². The van der Waals surface area contributed by atoms with E-state index in [0.717, 1.165) is 38.5 Å². The third kappa shape index (κ3) is 4.44. The second-order valence-corrected chi connectivity index (χ2v) is 4.52. The molecule has 0 spiro atoms. The zero-order valence-electron chi connectivity index (χ0n) is 12.0. The zero-order chi connectivity index (χ0) is 13.4. The quantitative estimate of drug-likeness (QED) is 0.733. The number of ether oxygens (including phenoxy) is 1. The lowest BCUT2D eigenvalue weighted by Gasteiger charge is -2.26. The van der Waals surface area contributed by atoms with Crippen LogP contribution in [0.3, 0.4) is 0 Å². The Morgan fingerprint density at radius 3 is 2.83 bits per heavy atom. The Balaban J connectivity index is 2.60. The van der Waals surface area contributed by atoms with E-state index in [2.05, 4.69) is 31.0 Å². The molecule has 0 saturated heterocycles. The third-order valence-electron chi connectivity index (χ3n) is 3.19. The highest BCUT2D eigenvalue weighted by Crippen LogP contribution is 2.15. The molecule has 1 heterocycles. The zero-order valence-corrected chi connectivity index (χ0v) is 12.0. The average molecular weight is 254 g/mol. The predicted octanol–water partition coefficient (Wildman–Crippen LogP) is 2.25. The molecule has 1 atom stereocenters. The number of likely N-dealkylation sites (N-methyl/N-ethyl adjacent to an activating group) is 1. The first-order valence-corrected chi connectivity index (χ1v) is 6.71. The van der Waals surface area contributed by atoms with E-state index >= 15 is 0 Å². The van der Waals surface area contributed by atoms with E-state index in [9.17, 15) is 0 Å². The lowest BCUT2D eigenvalue weighted by Crippen LogP contribution is -2.35. The van der Waals surface area contributed by atoms with E-state index in [0.29, 0.717) is 6.04 Å². The first kappa shape index (κ1) is 15.2. The number of hydrogen-bond acceptors (Lipinski definition) is 4. The molecule has 0 aromatic carbocycles. The highest BCUT2D eigenvalue weighted by atomic mass is 16.5. The van der Waals surface area contributed by atoms with Crippen LogP contribution in [-0.2, 0) is 17.8 Å². The van der Waals surface area contributed by atoms with Crippen LogP contribution >= 0.6 is 0 Å². The van der Waals surface area contributed by atoms with Crippen molar-refractivity contribution in [1.29, 1.82) is 0 Å². The molecule has 1 aromatic rings. The van der Waals surface area contributed by atoms with Gasteiger partial charge in [-0.3, -0.25) is 4.90 Å². The van der Waals surface area contributed by atoms with Crippen molar-refractivity contribution in [1.82, 2.24) is 10.2 Å². The molecule has 4 nitrogen and oxygen atoms in total. The van der Waals surface area contributed by atoms with Crippen molar-refractivity contribution in [3.05, 3.63) is 23.7 Å². The molecule has 0 saturated carbocycles. The summed E-state index contributed by atoms with van der Waals surface area (Å²) in [6.07, 6.45) is 1.77. The SMILES string of the molecule is CCNCc1ccoc1CN(CC)C(C)COC. The van der Waals surface area contributed by atoms with E-state index < -0.39 is 0 Å². The average Bonchev–Trinajstić information content (AvgIpc) is 2.80. The number of nitrogens with one attached hydrogen (secondary N) is 1. The largest absolute Gasteiger partial charge is 0.468 e. The van der Waals surface area contributed by atoms with Crippen molar-refractivity contribution in [2.24, 2.45) is 0 Å². The van der Waals surface area contributed by atoms with Gasteiger partial charge in [0.2, 0.25) is 0 Å². The van der Waals surface area contributed by atoms with Crippen LogP contribution in [0.1, 0.15) is 32.1 Å². The summed E-state index contributed by atoms with van der Waals surface area (Å²) in [4.78, 5) is 2.36. The van der Waals surface area contributed by atoms with Gasteiger partial charge in [0.25, 0.3) is 0 Å². The lowest BCUT2D eigenvalue weighted by molar-refractivity contribution is 0.0933. The Morgan fingerprint density at radius 1 is 1.44 bits per heavy atom. The molecule has 104 valence electrons. The van der Waals surface area contributed by atoms with E-state index in [1.165, 1.54) is 5.56 Å². The molecule has 0 radical (unpaired) electrons. The van der Waals surface area contributed by atoms with E-state index in [1.54, 1.807) is 13.4 Å². The van der Waals surface area contributed by atoms with Crippen LogP contribution in [0.15, 0.2) is 16.7 Å². The maximum atomic E-state index is 5.60. The molecule has 0 aliphatic rings. The van der Waals surface area contributed by atoms with Crippen molar-refractivity contribution in [2.45, 2.75) is 39.9 Å². The first-order chi connectivity index (χ1) is 8.72. The van der Waals surface area contributed by atoms with Gasteiger partial charge >= 0.3 is 0 Å². The number of methoxy groups -OCH3 is 1. The van der Waals surface area contributed by atoms with Gasteiger partial charge in [0.05, 0.1) is 19.4 Å². The van der Waals surface area contributed by atoms with Crippen LogP contribution in [0.5, 0.6) is 0 Å². The first-order valence-electron chi connectivity index (χ1n) is 6.71. The van der Waals surface area contributed by atoms with Crippen molar-refractivity contribution in [3.8, 4) is 0 Å². The molecule has 0 fully saturated rings. The lowest BCUT2D eigenvalue weighted by atomic mass is 10.2. The summed E-state index contributed by atoms with van der Waals surface area (Å²) in [5.41, 5.74) is 1.25. The Kier molecular flexibility index (Phi) is 7.01. The molecular formula is C14H26N2O2. The second kappa shape index (κ2) is 8.29. The molecule has 1 unspecified atom stereocenters. The van der Waals surface area contributed by atoms with E-state index in [-0.39, 0.29) is 0 Å². The van der Waals surface area contributed by atoms with Crippen LogP contribution in [0, 0.1) is 0 Å². The number of nitrogens with zero attached hydrogens (tertiary/aromatic N) is 1. The molecule has 4 heteroatoms. The normalized spacial score (nSPS) is 13.2. The van der Waals surface area contributed by atoms with Crippen LogP contribution in [-0.4, -0.2) is 37.7 Å². The molecule has 18 heavy (non-hydrogen) atoms. The Morgan fingerprint density at radius 2 is 2.22 bits per heavy atom. The molecule has 0 bridgehead atoms. The summed E-state index contributed by atoms with van der Waals surface area (Å²) in [6.45, 7) is 10.9. The summed E-state index contributed by atoms with van der Waals surface area (Å²) >= 11 is 0. The summed E-state index contributed by atoms with van der Waals surface area (Å²) in [5.74, 6) is 1.06. The summed E-state index contributed by atoms with van der Waals surface area (Å²) < 4.78 is 10.8. The van der Waals surface area contributed by atoms with Gasteiger partial charge in [-0.25, -0.2) is 0 Å². The third-order valence-corrected chi connectivity index (χ3v) is 3.19.